The lowest BCUT2D eigenvalue weighted by atomic mass is 10.2. The Morgan fingerprint density at radius 1 is 1.15 bits per heavy atom. The van der Waals surface area contributed by atoms with Crippen LogP contribution in [0.4, 0.5) is 24.9 Å². The number of nitrogens with zero attached hydrogens (tertiary/aromatic N) is 8. The van der Waals surface area contributed by atoms with Gasteiger partial charge in [-0.15, -0.1) is 21.5 Å². The number of pyridine rings is 1. The first-order valence-electron chi connectivity index (χ1n) is 13.3. The molecule has 2 aliphatic heterocycles. The van der Waals surface area contributed by atoms with E-state index < -0.39 is 12.0 Å². The number of thiophene rings is 1. The molecule has 1 unspecified atom stereocenters. The Bertz CT molecular complexity index is 1520. The molecular formula is C26H28F3N9OS. The summed E-state index contributed by atoms with van der Waals surface area (Å²) in [6.45, 7) is 3.97. The Hall–Kier alpha value is -3.81. The van der Waals surface area contributed by atoms with Crippen LogP contribution in [0, 0.1) is 0 Å². The fourth-order valence-electron chi connectivity index (χ4n) is 5.25. The van der Waals surface area contributed by atoms with E-state index in [1.807, 2.05) is 23.1 Å². The van der Waals surface area contributed by atoms with Crippen molar-refractivity contribution in [3.8, 4) is 0 Å². The number of hydrogen-bond acceptors (Lipinski definition) is 9. The molecule has 0 saturated carbocycles. The SMILES string of the molecule is CCCc1cc2c(N3CCn4c(nnc4C(F)(F)F)C3)nc(N3CCC(NC(=O)Cc4ccccn4)C3)nc2s1. The molecule has 0 bridgehead atoms. The zero-order valence-corrected chi connectivity index (χ0v) is 22.7. The van der Waals surface area contributed by atoms with Crippen LogP contribution in [0.25, 0.3) is 10.2 Å². The fourth-order valence-corrected chi connectivity index (χ4v) is 6.37. The minimum atomic E-state index is -4.55. The molecule has 0 spiro atoms. The average molecular weight is 572 g/mol. The number of anilines is 2. The maximum Gasteiger partial charge on any atom is 0.451 e. The van der Waals surface area contributed by atoms with Crippen molar-refractivity contribution in [1.82, 2.24) is 35.0 Å². The first-order valence-corrected chi connectivity index (χ1v) is 14.1. The van der Waals surface area contributed by atoms with Crippen LogP contribution in [0.2, 0.25) is 0 Å². The van der Waals surface area contributed by atoms with Crippen LogP contribution >= 0.6 is 11.3 Å². The van der Waals surface area contributed by atoms with Crippen LogP contribution in [0.3, 0.4) is 0 Å². The molecule has 4 aromatic rings. The predicted molar refractivity (Wildman–Crippen MR) is 144 cm³/mol. The van der Waals surface area contributed by atoms with Gasteiger partial charge in [0.15, 0.2) is 5.82 Å². The first-order chi connectivity index (χ1) is 19.3. The van der Waals surface area contributed by atoms with E-state index in [1.165, 1.54) is 4.88 Å². The molecule has 1 fully saturated rings. The van der Waals surface area contributed by atoms with Gasteiger partial charge in [0.25, 0.3) is 0 Å². The molecule has 0 aliphatic carbocycles. The number of rotatable bonds is 7. The van der Waals surface area contributed by atoms with E-state index in [4.69, 9.17) is 9.97 Å². The van der Waals surface area contributed by atoms with Crippen LogP contribution in [0.15, 0.2) is 30.5 Å². The molecule has 10 nitrogen and oxygen atoms in total. The summed E-state index contributed by atoms with van der Waals surface area (Å²) in [5.41, 5.74) is 0.716. The second kappa shape index (κ2) is 10.6. The Labute approximate surface area is 232 Å². The summed E-state index contributed by atoms with van der Waals surface area (Å²) in [7, 11) is 0. The van der Waals surface area contributed by atoms with Crippen molar-refractivity contribution >= 4 is 39.2 Å². The van der Waals surface area contributed by atoms with Crippen LogP contribution in [-0.2, 0) is 36.9 Å². The normalized spacial score (nSPS) is 17.4. The quantitative estimate of drug-likeness (QED) is 0.359. The number of hydrogen-bond donors (Lipinski definition) is 1. The summed E-state index contributed by atoms with van der Waals surface area (Å²) in [6.07, 6.45) is -0.0136. The first kappa shape index (κ1) is 26.4. The fraction of sp³-hybridized carbons (Fsp3) is 0.462. The van der Waals surface area contributed by atoms with Crippen molar-refractivity contribution in [2.24, 2.45) is 0 Å². The topological polar surface area (TPSA) is 105 Å². The standard InChI is InChI=1S/C26H28F3N9OS/c1-2-5-18-13-19-22(36-10-11-38-20(15-36)34-35-24(38)26(27,28)29)32-25(33-23(19)40-18)37-9-7-17(14-37)31-21(39)12-16-6-3-4-8-30-16/h3-4,6,8,13,17H,2,5,7,9-12,14-15H2,1H3,(H,31,39). The van der Waals surface area contributed by atoms with Crippen LogP contribution < -0.4 is 15.1 Å². The maximum atomic E-state index is 13.4. The lowest BCUT2D eigenvalue weighted by Crippen LogP contribution is -2.38. The summed E-state index contributed by atoms with van der Waals surface area (Å²) in [5.74, 6) is 0.444. The van der Waals surface area contributed by atoms with Gasteiger partial charge in [0.1, 0.15) is 10.6 Å². The van der Waals surface area contributed by atoms with E-state index in [9.17, 15) is 18.0 Å². The number of nitrogens with one attached hydrogen (secondary N) is 1. The molecular weight excluding hydrogens is 543 g/mol. The average Bonchev–Trinajstić information content (AvgIpc) is 3.66. The van der Waals surface area contributed by atoms with E-state index in [1.54, 1.807) is 17.5 Å². The third-order valence-electron chi connectivity index (χ3n) is 7.12. The van der Waals surface area contributed by atoms with Crippen molar-refractivity contribution in [1.29, 1.82) is 0 Å². The molecule has 2 aliphatic rings. The van der Waals surface area contributed by atoms with Crippen LogP contribution in [0.1, 0.15) is 42.0 Å². The van der Waals surface area contributed by atoms with Gasteiger partial charge in [-0.3, -0.25) is 9.78 Å². The number of amides is 1. The van der Waals surface area contributed by atoms with E-state index in [0.717, 1.165) is 34.0 Å². The summed E-state index contributed by atoms with van der Waals surface area (Å²) < 4.78 is 41.2. The van der Waals surface area contributed by atoms with E-state index in [-0.39, 0.29) is 37.3 Å². The predicted octanol–water partition coefficient (Wildman–Crippen LogP) is 3.61. The number of carbonyl (C=O) groups excluding carboxylic acids is 1. The van der Waals surface area contributed by atoms with Gasteiger partial charge in [-0.1, -0.05) is 19.4 Å². The smallest absolute Gasteiger partial charge is 0.351 e. The highest BCUT2D eigenvalue weighted by Crippen LogP contribution is 2.36. The van der Waals surface area contributed by atoms with Crippen LogP contribution in [-0.4, -0.2) is 61.3 Å². The number of alkyl halides is 3. The van der Waals surface area contributed by atoms with Gasteiger partial charge in [0, 0.05) is 49.0 Å². The van der Waals surface area contributed by atoms with Crippen molar-refractivity contribution in [3.05, 3.63) is 52.7 Å². The third-order valence-corrected chi connectivity index (χ3v) is 8.21. The second-order valence-corrected chi connectivity index (χ2v) is 11.2. The van der Waals surface area contributed by atoms with Crippen molar-refractivity contribution in [2.45, 2.75) is 57.9 Å². The Morgan fingerprint density at radius 3 is 2.80 bits per heavy atom. The molecule has 14 heteroatoms. The maximum absolute atomic E-state index is 13.4. The number of aryl methyl sites for hydroxylation is 1. The van der Waals surface area contributed by atoms with Gasteiger partial charge >= 0.3 is 6.18 Å². The minimum absolute atomic E-state index is 0.0488. The Kier molecular flexibility index (Phi) is 7.02. The van der Waals surface area contributed by atoms with Crippen LogP contribution in [0.5, 0.6) is 0 Å². The molecule has 6 rings (SSSR count). The van der Waals surface area contributed by atoms with E-state index >= 15 is 0 Å². The Balaban J connectivity index is 1.24. The van der Waals surface area contributed by atoms with Gasteiger partial charge in [0.2, 0.25) is 17.7 Å². The highest BCUT2D eigenvalue weighted by molar-refractivity contribution is 7.18. The van der Waals surface area contributed by atoms with E-state index in [0.29, 0.717) is 37.1 Å². The lowest BCUT2D eigenvalue weighted by molar-refractivity contribution is -0.147. The highest BCUT2D eigenvalue weighted by Gasteiger charge is 2.40. The molecule has 40 heavy (non-hydrogen) atoms. The minimum Gasteiger partial charge on any atom is -0.351 e. The molecule has 1 saturated heterocycles. The highest BCUT2D eigenvalue weighted by atomic mass is 32.1. The molecule has 4 aromatic heterocycles. The molecule has 1 N–H and O–H groups in total. The lowest BCUT2D eigenvalue weighted by Gasteiger charge is -2.30. The number of aromatic nitrogens is 6. The molecule has 0 aromatic carbocycles. The molecule has 1 amide bonds. The summed E-state index contributed by atoms with van der Waals surface area (Å²) in [4.78, 5) is 32.7. The van der Waals surface area contributed by atoms with E-state index in [2.05, 4.69) is 38.4 Å². The van der Waals surface area contributed by atoms with Gasteiger partial charge in [-0.05, 0) is 31.0 Å². The van der Waals surface area contributed by atoms with Crippen molar-refractivity contribution < 1.29 is 18.0 Å². The number of halogens is 3. The second-order valence-electron chi connectivity index (χ2n) is 10.0. The molecule has 210 valence electrons. The van der Waals surface area contributed by atoms with Crippen molar-refractivity contribution in [3.63, 3.8) is 0 Å². The van der Waals surface area contributed by atoms with Gasteiger partial charge < -0.3 is 19.7 Å². The largest absolute Gasteiger partial charge is 0.451 e. The van der Waals surface area contributed by atoms with Gasteiger partial charge in [0.05, 0.1) is 18.4 Å². The molecule has 6 heterocycles. The zero-order valence-electron chi connectivity index (χ0n) is 21.9. The summed E-state index contributed by atoms with van der Waals surface area (Å²) in [5, 5.41) is 11.2. The monoisotopic (exact) mass is 571 g/mol. The summed E-state index contributed by atoms with van der Waals surface area (Å²) >= 11 is 1.62. The number of carbonyl (C=O) groups is 1. The van der Waals surface area contributed by atoms with Crippen molar-refractivity contribution in [2.75, 3.05) is 29.4 Å². The third kappa shape index (κ3) is 5.31. The molecule has 1 atom stereocenters. The molecule has 0 radical (unpaired) electrons. The Morgan fingerprint density at radius 2 is 2.02 bits per heavy atom. The number of fused-ring (bicyclic) bond motifs is 2. The zero-order chi connectivity index (χ0) is 27.9. The van der Waals surface area contributed by atoms with Gasteiger partial charge in [-0.25, -0.2) is 4.98 Å². The summed E-state index contributed by atoms with van der Waals surface area (Å²) in [6, 6.07) is 7.54. The van der Waals surface area contributed by atoms with Gasteiger partial charge in [-0.2, -0.15) is 18.2 Å².